The molecule has 0 aliphatic carbocycles. The van der Waals surface area contributed by atoms with Crippen molar-refractivity contribution in [3.63, 3.8) is 0 Å². The molecule has 4 heterocycles. The fraction of sp³-hybridized carbons (Fsp3) is 0.429. The molecule has 1 aromatic heterocycles. The standard InChI is InChI=1S/C21H24N2O3S/c1-13-20(15-9-11-23(13)12-10-15)22-21(25)18-7-8-19(27-18)26-17-6-4-3-5-16(17)14(2)24/h3-8,13,15,20H,9-12H2,1-2H3,(H,22,25). The van der Waals surface area contributed by atoms with Crippen LogP contribution in [0.1, 0.15) is 46.7 Å². The SMILES string of the molecule is CC(=O)c1ccccc1Oc1ccc(C(=O)NC2C3CCN(CC3)C2C)s1. The molecule has 0 spiro atoms. The molecule has 3 aliphatic heterocycles. The molecule has 2 unspecified atom stereocenters. The van der Waals surface area contributed by atoms with Gasteiger partial charge >= 0.3 is 0 Å². The number of amides is 1. The smallest absolute Gasteiger partial charge is 0.261 e. The van der Waals surface area contributed by atoms with Gasteiger partial charge in [-0.25, -0.2) is 0 Å². The second-order valence-electron chi connectivity index (χ2n) is 7.39. The van der Waals surface area contributed by atoms with E-state index >= 15 is 0 Å². The number of Topliss-reactive ketones (excluding diaryl/α,β-unsaturated/α-hetero) is 1. The van der Waals surface area contributed by atoms with E-state index in [1.165, 1.54) is 18.3 Å². The number of fused-ring (bicyclic) bond motifs is 3. The maximum atomic E-state index is 12.7. The van der Waals surface area contributed by atoms with E-state index in [9.17, 15) is 9.59 Å². The molecule has 5 rings (SSSR count). The summed E-state index contributed by atoms with van der Waals surface area (Å²) >= 11 is 1.31. The number of nitrogens with zero attached hydrogens (tertiary/aromatic N) is 1. The predicted octanol–water partition coefficient (Wildman–Crippen LogP) is 3.96. The number of ketones is 1. The summed E-state index contributed by atoms with van der Waals surface area (Å²) in [4.78, 5) is 27.6. The summed E-state index contributed by atoms with van der Waals surface area (Å²) in [5.74, 6) is 1.01. The van der Waals surface area contributed by atoms with Crippen LogP contribution < -0.4 is 10.1 Å². The average molecular weight is 385 g/mol. The lowest BCUT2D eigenvalue weighted by Crippen LogP contribution is -2.62. The highest BCUT2D eigenvalue weighted by Gasteiger charge is 2.40. The summed E-state index contributed by atoms with van der Waals surface area (Å²) < 4.78 is 5.87. The topological polar surface area (TPSA) is 58.6 Å². The van der Waals surface area contributed by atoms with Crippen LogP contribution in [-0.2, 0) is 0 Å². The molecule has 1 aromatic carbocycles. The lowest BCUT2D eigenvalue weighted by Gasteiger charge is -2.49. The van der Waals surface area contributed by atoms with Gasteiger partial charge in [-0.05, 0) is 70.0 Å². The number of thiophene rings is 1. The van der Waals surface area contributed by atoms with E-state index in [0.717, 1.165) is 25.9 Å². The minimum Gasteiger partial charge on any atom is -0.446 e. The minimum atomic E-state index is -0.0449. The number of ether oxygens (including phenoxy) is 1. The fourth-order valence-electron chi connectivity index (χ4n) is 4.22. The quantitative estimate of drug-likeness (QED) is 0.793. The summed E-state index contributed by atoms with van der Waals surface area (Å²) in [6.45, 7) is 6.01. The van der Waals surface area contributed by atoms with E-state index in [1.807, 2.05) is 12.1 Å². The van der Waals surface area contributed by atoms with Crippen molar-refractivity contribution in [3.8, 4) is 10.8 Å². The lowest BCUT2D eigenvalue weighted by atomic mass is 9.79. The zero-order chi connectivity index (χ0) is 19.0. The maximum absolute atomic E-state index is 12.7. The van der Waals surface area contributed by atoms with Crippen molar-refractivity contribution in [2.75, 3.05) is 13.1 Å². The Kier molecular flexibility index (Phi) is 5.02. The summed E-state index contributed by atoms with van der Waals surface area (Å²) in [6, 6.07) is 11.3. The molecular weight excluding hydrogens is 360 g/mol. The van der Waals surface area contributed by atoms with E-state index in [1.54, 1.807) is 24.3 Å². The first-order valence-electron chi connectivity index (χ1n) is 9.45. The first-order valence-corrected chi connectivity index (χ1v) is 10.3. The lowest BCUT2D eigenvalue weighted by molar-refractivity contribution is 0.0218. The number of carbonyl (C=O) groups is 2. The molecule has 1 N–H and O–H groups in total. The van der Waals surface area contributed by atoms with Crippen molar-refractivity contribution in [2.45, 2.75) is 38.8 Å². The van der Waals surface area contributed by atoms with Gasteiger partial charge in [0.05, 0.1) is 10.4 Å². The second-order valence-corrected chi connectivity index (χ2v) is 8.43. The number of rotatable bonds is 5. The van der Waals surface area contributed by atoms with Gasteiger partial charge in [-0.15, -0.1) is 0 Å². The average Bonchev–Trinajstić information content (AvgIpc) is 3.14. The normalized spacial score (nSPS) is 26.6. The Balaban J connectivity index is 1.45. The third-order valence-corrected chi connectivity index (χ3v) is 6.72. The Bertz CT molecular complexity index is 853. The highest BCUT2D eigenvalue weighted by atomic mass is 32.1. The second kappa shape index (κ2) is 7.44. The molecule has 2 aromatic rings. The molecule has 2 atom stereocenters. The van der Waals surface area contributed by atoms with E-state index in [2.05, 4.69) is 17.1 Å². The molecule has 5 nitrogen and oxygen atoms in total. The zero-order valence-corrected chi connectivity index (χ0v) is 16.4. The largest absolute Gasteiger partial charge is 0.446 e. The molecule has 3 fully saturated rings. The number of carbonyl (C=O) groups excluding carboxylic acids is 2. The summed E-state index contributed by atoms with van der Waals surface area (Å²) in [5, 5.41) is 3.85. The van der Waals surface area contributed by atoms with Crippen LogP contribution in [0, 0.1) is 5.92 Å². The third kappa shape index (κ3) is 3.64. The van der Waals surface area contributed by atoms with Crippen LogP contribution in [0.15, 0.2) is 36.4 Å². The Morgan fingerprint density at radius 1 is 1.15 bits per heavy atom. The van der Waals surface area contributed by atoms with Crippen molar-refractivity contribution in [1.82, 2.24) is 10.2 Å². The van der Waals surface area contributed by atoms with Gasteiger partial charge in [0.1, 0.15) is 5.75 Å². The van der Waals surface area contributed by atoms with Gasteiger partial charge in [-0.2, -0.15) is 0 Å². The van der Waals surface area contributed by atoms with Crippen molar-refractivity contribution < 1.29 is 14.3 Å². The molecular formula is C21H24N2O3S. The minimum absolute atomic E-state index is 0.0414. The Hall–Kier alpha value is -2.18. The van der Waals surface area contributed by atoms with E-state index in [-0.39, 0.29) is 17.7 Å². The first-order chi connectivity index (χ1) is 13.0. The van der Waals surface area contributed by atoms with Gasteiger partial charge in [0.15, 0.2) is 10.8 Å². The van der Waals surface area contributed by atoms with Crippen molar-refractivity contribution in [2.24, 2.45) is 5.92 Å². The van der Waals surface area contributed by atoms with Crippen molar-refractivity contribution in [1.29, 1.82) is 0 Å². The van der Waals surface area contributed by atoms with Gasteiger partial charge in [0.25, 0.3) is 5.91 Å². The highest BCUT2D eigenvalue weighted by molar-refractivity contribution is 7.15. The van der Waals surface area contributed by atoms with Crippen LogP contribution in [-0.4, -0.2) is 41.8 Å². The predicted molar refractivity (Wildman–Crippen MR) is 106 cm³/mol. The van der Waals surface area contributed by atoms with Gasteiger partial charge < -0.3 is 10.1 Å². The highest BCUT2D eigenvalue weighted by Crippen LogP contribution is 2.34. The summed E-state index contributed by atoms with van der Waals surface area (Å²) in [5.41, 5.74) is 0.540. The van der Waals surface area contributed by atoms with Crippen LogP contribution in [0.2, 0.25) is 0 Å². The molecule has 0 radical (unpaired) electrons. The van der Waals surface area contributed by atoms with Crippen molar-refractivity contribution in [3.05, 3.63) is 46.8 Å². The Labute approximate surface area is 163 Å². The number of benzene rings is 1. The molecule has 0 saturated carbocycles. The molecule has 27 heavy (non-hydrogen) atoms. The van der Waals surface area contributed by atoms with Crippen LogP contribution >= 0.6 is 11.3 Å². The maximum Gasteiger partial charge on any atom is 0.261 e. The first kappa shape index (κ1) is 18.2. The molecule has 2 bridgehead atoms. The molecule has 3 aliphatic rings. The number of hydrogen-bond acceptors (Lipinski definition) is 5. The Morgan fingerprint density at radius 2 is 1.89 bits per heavy atom. The van der Waals surface area contributed by atoms with E-state index in [4.69, 9.17) is 4.74 Å². The van der Waals surface area contributed by atoms with Crippen LogP contribution in [0.5, 0.6) is 10.8 Å². The van der Waals surface area contributed by atoms with Gasteiger partial charge in [0.2, 0.25) is 0 Å². The van der Waals surface area contributed by atoms with Crippen LogP contribution in [0.25, 0.3) is 0 Å². The van der Waals surface area contributed by atoms with Crippen molar-refractivity contribution >= 4 is 23.0 Å². The zero-order valence-electron chi connectivity index (χ0n) is 15.6. The fourth-order valence-corrected chi connectivity index (χ4v) is 4.99. The van der Waals surface area contributed by atoms with E-state index < -0.39 is 0 Å². The third-order valence-electron chi connectivity index (χ3n) is 5.76. The molecule has 1 amide bonds. The summed E-state index contributed by atoms with van der Waals surface area (Å²) in [6.07, 6.45) is 2.33. The van der Waals surface area contributed by atoms with Crippen LogP contribution in [0.3, 0.4) is 0 Å². The number of hydrogen-bond donors (Lipinski definition) is 1. The van der Waals surface area contributed by atoms with Crippen LogP contribution in [0.4, 0.5) is 0 Å². The number of para-hydroxylation sites is 1. The van der Waals surface area contributed by atoms with Gasteiger partial charge in [-0.1, -0.05) is 23.5 Å². The van der Waals surface area contributed by atoms with Gasteiger partial charge in [-0.3, -0.25) is 14.5 Å². The molecule has 3 saturated heterocycles. The Morgan fingerprint density at radius 3 is 2.59 bits per heavy atom. The number of nitrogens with one attached hydrogen (secondary N) is 1. The monoisotopic (exact) mass is 384 g/mol. The molecule has 142 valence electrons. The molecule has 6 heteroatoms. The van der Waals surface area contributed by atoms with E-state index in [0.29, 0.717) is 33.2 Å². The summed E-state index contributed by atoms with van der Waals surface area (Å²) in [7, 11) is 0. The number of piperidine rings is 3. The van der Waals surface area contributed by atoms with Gasteiger partial charge in [0, 0.05) is 12.1 Å².